The maximum atomic E-state index is 13.2. The first-order valence-electron chi connectivity index (χ1n) is 6.73. The van der Waals surface area contributed by atoms with Gasteiger partial charge in [0.25, 0.3) is 0 Å². The van der Waals surface area contributed by atoms with Crippen LogP contribution < -0.4 is 5.32 Å². The van der Waals surface area contributed by atoms with Crippen LogP contribution in [0.1, 0.15) is 44.2 Å². The van der Waals surface area contributed by atoms with Crippen molar-refractivity contribution in [2.45, 2.75) is 50.8 Å². The number of halogens is 1. The molecule has 0 aromatic heterocycles. The molecule has 1 N–H and O–H groups in total. The van der Waals surface area contributed by atoms with Gasteiger partial charge in [-0.3, -0.25) is 0 Å². The van der Waals surface area contributed by atoms with E-state index in [1.54, 1.807) is 19.2 Å². The molecule has 1 aliphatic rings. The van der Waals surface area contributed by atoms with Crippen LogP contribution in [0.2, 0.25) is 0 Å². The summed E-state index contributed by atoms with van der Waals surface area (Å²) in [6.07, 6.45) is 4.93. The lowest BCUT2D eigenvalue weighted by atomic mass is 9.92. The van der Waals surface area contributed by atoms with Gasteiger partial charge in [-0.05, 0) is 50.3 Å². The number of rotatable bonds is 4. The van der Waals surface area contributed by atoms with Crippen molar-refractivity contribution in [2.24, 2.45) is 0 Å². The molecular weight excluding hydrogens is 229 g/mol. The van der Waals surface area contributed by atoms with E-state index in [1.807, 2.05) is 6.07 Å². The van der Waals surface area contributed by atoms with Crippen molar-refractivity contribution >= 4 is 0 Å². The lowest BCUT2D eigenvalue weighted by Crippen LogP contribution is -2.36. The molecule has 0 spiro atoms. The zero-order chi connectivity index (χ0) is 13.0. The molecule has 0 unspecified atom stereocenters. The minimum Gasteiger partial charge on any atom is -0.381 e. The van der Waals surface area contributed by atoms with Crippen LogP contribution in [-0.4, -0.2) is 19.3 Å². The molecule has 1 aromatic carbocycles. The summed E-state index contributed by atoms with van der Waals surface area (Å²) in [4.78, 5) is 0. The van der Waals surface area contributed by atoms with Gasteiger partial charge >= 0.3 is 0 Å². The molecule has 3 heteroatoms. The van der Waals surface area contributed by atoms with Crippen molar-refractivity contribution in [1.29, 1.82) is 0 Å². The Hall–Kier alpha value is -0.930. The van der Waals surface area contributed by atoms with Gasteiger partial charge in [-0.25, -0.2) is 4.39 Å². The average Bonchev–Trinajstić information content (AvgIpc) is 2.39. The predicted molar refractivity (Wildman–Crippen MR) is 71.0 cm³/mol. The van der Waals surface area contributed by atoms with Crippen LogP contribution in [0.15, 0.2) is 24.3 Å². The highest BCUT2D eigenvalue weighted by atomic mass is 19.1. The molecule has 1 fully saturated rings. The summed E-state index contributed by atoms with van der Waals surface area (Å²) in [6.45, 7) is 2.09. The highest BCUT2D eigenvalue weighted by molar-refractivity contribution is 5.19. The van der Waals surface area contributed by atoms with Gasteiger partial charge < -0.3 is 10.1 Å². The third kappa shape index (κ3) is 3.53. The van der Waals surface area contributed by atoms with Crippen LogP contribution in [0.3, 0.4) is 0 Å². The standard InChI is InChI=1S/C15H22FNO/c1-11(12-4-3-5-13(16)10-12)17-14-6-8-15(18-2)9-7-14/h3-5,10-11,14-15,17H,6-9H2,1-2H3/t11-,14?,15?/m0/s1. The Morgan fingerprint density at radius 1 is 1.28 bits per heavy atom. The Kier molecular flexibility index (Phi) is 4.72. The van der Waals surface area contributed by atoms with Crippen molar-refractivity contribution < 1.29 is 9.13 Å². The van der Waals surface area contributed by atoms with Crippen molar-refractivity contribution in [3.05, 3.63) is 35.6 Å². The van der Waals surface area contributed by atoms with E-state index in [2.05, 4.69) is 12.2 Å². The summed E-state index contributed by atoms with van der Waals surface area (Å²) in [5.41, 5.74) is 1.02. The fourth-order valence-corrected chi connectivity index (χ4v) is 2.69. The molecular formula is C15H22FNO. The molecule has 1 aliphatic carbocycles. The summed E-state index contributed by atoms with van der Waals surface area (Å²) in [7, 11) is 1.79. The Balaban J connectivity index is 1.86. The fraction of sp³-hybridized carbons (Fsp3) is 0.600. The Labute approximate surface area is 109 Å². The number of hydrogen-bond donors (Lipinski definition) is 1. The Morgan fingerprint density at radius 3 is 2.61 bits per heavy atom. The maximum Gasteiger partial charge on any atom is 0.123 e. The molecule has 2 nitrogen and oxygen atoms in total. The predicted octanol–water partition coefficient (Wildman–Crippen LogP) is 3.43. The molecule has 1 saturated carbocycles. The summed E-state index contributed by atoms with van der Waals surface area (Å²) in [6, 6.07) is 7.56. The maximum absolute atomic E-state index is 13.2. The third-order valence-corrected chi connectivity index (χ3v) is 3.84. The van der Waals surface area contributed by atoms with E-state index in [-0.39, 0.29) is 11.9 Å². The first-order valence-corrected chi connectivity index (χ1v) is 6.73. The van der Waals surface area contributed by atoms with Gasteiger partial charge in [-0.2, -0.15) is 0 Å². The van der Waals surface area contributed by atoms with Crippen LogP contribution in [-0.2, 0) is 4.74 Å². The normalized spacial score (nSPS) is 25.9. The number of nitrogens with one attached hydrogen (secondary N) is 1. The van der Waals surface area contributed by atoms with Crippen LogP contribution in [0.5, 0.6) is 0 Å². The summed E-state index contributed by atoms with van der Waals surface area (Å²) in [5, 5.41) is 3.58. The molecule has 2 rings (SSSR count). The Bertz CT molecular complexity index is 375. The topological polar surface area (TPSA) is 21.3 Å². The molecule has 0 aliphatic heterocycles. The molecule has 1 aromatic rings. The third-order valence-electron chi connectivity index (χ3n) is 3.84. The number of hydrogen-bond acceptors (Lipinski definition) is 2. The molecule has 100 valence electrons. The van der Waals surface area contributed by atoms with E-state index in [0.29, 0.717) is 12.1 Å². The van der Waals surface area contributed by atoms with E-state index < -0.39 is 0 Å². The zero-order valence-electron chi connectivity index (χ0n) is 11.2. The molecule has 18 heavy (non-hydrogen) atoms. The SMILES string of the molecule is COC1CCC(N[C@@H](C)c2cccc(F)c2)CC1. The summed E-state index contributed by atoms with van der Waals surface area (Å²) < 4.78 is 18.5. The van der Waals surface area contributed by atoms with Gasteiger partial charge in [0.05, 0.1) is 6.10 Å². The largest absolute Gasteiger partial charge is 0.381 e. The lowest BCUT2D eigenvalue weighted by Gasteiger charge is -2.30. The van der Waals surface area contributed by atoms with Crippen LogP contribution in [0, 0.1) is 5.82 Å². The van der Waals surface area contributed by atoms with Crippen LogP contribution in [0.4, 0.5) is 4.39 Å². The van der Waals surface area contributed by atoms with Crippen molar-refractivity contribution in [1.82, 2.24) is 5.32 Å². The minimum absolute atomic E-state index is 0.163. The van der Waals surface area contributed by atoms with Crippen molar-refractivity contribution in [3.8, 4) is 0 Å². The fourth-order valence-electron chi connectivity index (χ4n) is 2.69. The van der Waals surface area contributed by atoms with Gasteiger partial charge in [-0.15, -0.1) is 0 Å². The number of ether oxygens (including phenoxy) is 1. The first kappa shape index (κ1) is 13.5. The molecule has 0 saturated heterocycles. The monoisotopic (exact) mass is 251 g/mol. The van der Waals surface area contributed by atoms with Gasteiger partial charge in [0.2, 0.25) is 0 Å². The van der Waals surface area contributed by atoms with E-state index in [1.165, 1.54) is 6.07 Å². The molecule has 0 amide bonds. The number of benzene rings is 1. The lowest BCUT2D eigenvalue weighted by molar-refractivity contribution is 0.0614. The molecule has 0 radical (unpaired) electrons. The first-order chi connectivity index (χ1) is 8.69. The number of methoxy groups -OCH3 is 1. The second-order valence-corrected chi connectivity index (χ2v) is 5.15. The smallest absolute Gasteiger partial charge is 0.123 e. The molecule has 1 atom stereocenters. The Morgan fingerprint density at radius 2 is 2.00 bits per heavy atom. The second kappa shape index (κ2) is 6.30. The quantitative estimate of drug-likeness (QED) is 0.885. The van der Waals surface area contributed by atoms with Gasteiger partial charge in [0, 0.05) is 19.2 Å². The van der Waals surface area contributed by atoms with Gasteiger partial charge in [0.15, 0.2) is 0 Å². The average molecular weight is 251 g/mol. The van der Waals surface area contributed by atoms with E-state index >= 15 is 0 Å². The van der Waals surface area contributed by atoms with E-state index in [9.17, 15) is 4.39 Å². The van der Waals surface area contributed by atoms with Crippen molar-refractivity contribution in [3.63, 3.8) is 0 Å². The zero-order valence-corrected chi connectivity index (χ0v) is 11.2. The molecule has 0 heterocycles. The summed E-state index contributed by atoms with van der Waals surface area (Å²) >= 11 is 0. The van der Waals surface area contributed by atoms with Crippen LogP contribution >= 0.6 is 0 Å². The van der Waals surface area contributed by atoms with E-state index in [0.717, 1.165) is 31.2 Å². The van der Waals surface area contributed by atoms with Crippen molar-refractivity contribution in [2.75, 3.05) is 7.11 Å². The minimum atomic E-state index is -0.163. The van der Waals surface area contributed by atoms with Crippen LogP contribution in [0.25, 0.3) is 0 Å². The summed E-state index contributed by atoms with van der Waals surface area (Å²) in [5.74, 6) is -0.163. The second-order valence-electron chi connectivity index (χ2n) is 5.15. The highest BCUT2D eigenvalue weighted by Gasteiger charge is 2.22. The molecule has 0 bridgehead atoms. The highest BCUT2D eigenvalue weighted by Crippen LogP contribution is 2.23. The van der Waals surface area contributed by atoms with Gasteiger partial charge in [-0.1, -0.05) is 12.1 Å². The van der Waals surface area contributed by atoms with Gasteiger partial charge in [0.1, 0.15) is 5.82 Å². The van der Waals surface area contributed by atoms with E-state index in [4.69, 9.17) is 4.74 Å².